The Labute approximate surface area is 144 Å². The zero-order chi connectivity index (χ0) is 17.2. The van der Waals surface area contributed by atoms with Crippen molar-refractivity contribution in [1.82, 2.24) is 14.7 Å². The lowest BCUT2D eigenvalue weighted by Gasteiger charge is -2.06. The van der Waals surface area contributed by atoms with E-state index in [1.807, 2.05) is 66.1 Å². The molecule has 0 spiro atoms. The van der Waals surface area contributed by atoms with Crippen molar-refractivity contribution in [2.24, 2.45) is 0 Å². The Kier molecular flexibility index (Phi) is 3.82. The minimum absolute atomic E-state index is 0.226. The van der Waals surface area contributed by atoms with Crippen LogP contribution in [0.15, 0.2) is 71.5 Å². The molecule has 0 aliphatic rings. The predicted octanol–water partition coefficient (Wildman–Crippen LogP) is 3.83. The maximum absolute atomic E-state index is 12.7. The second kappa shape index (κ2) is 6.28. The molecule has 4 aromatic rings. The maximum atomic E-state index is 12.7. The van der Waals surface area contributed by atoms with Crippen LogP contribution in [0.4, 0.5) is 0 Å². The largest absolute Gasteiger partial charge is 0.467 e. The number of hydrogen-bond donors (Lipinski definition) is 1. The highest BCUT2D eigenvalue weighted by Crippen LogP contribution is 2.25. The van der Waals surface area contributed by atoms with Crippen LogP contribution in [0.5, 0.6) is 0 Å². The smallest absolute Gasteiger partial charge is 0.272 e. The summed E-state index contributed by atoms with van der Waals surface area (Å²) in [7, 11) is 0. The summed E-state index contributed by atoms with van der Waals surface area (Å²) in [5.74, 6) is 0.477. The lowest BCUT2D eigenvalue weighted by molar-refractivity contribution is 0.0944. The predicted molar refractivity (Wildman–Crippen MR) is 95.2 cm³/mol. The molecule has 5 nitrogen and oxygen atoms in total. The molecule has 1 N–H and O–H groups in total. The van der Waals surface area contributed by atoms with Gasteiger partial charge in [0.1, 0.15) is 11.4 Å². The number of fused-ring (bicyclic) bond motifs is 1. The summed E-state index contributed by atoms with van der Waals surface area (Å²) in [6, 6.07) is 17.4. The average Bonchev–Trinajstić information content (AvgIpc) is 3.28. The van der Waals surface area contributed by atoms with Crippen LogP contribution < -0.4 is 5.32 Å². The lowest BCUT2D eigenvalue weighted by Crippen LogP contribution is -2.23. The third-order valence-corrected chi connectivity index (χ3v) is 4.07. The summed E-state index contributed by atoms with van der Waals surface area (Å²) in [5, 5.41) is 2.88. The standard InChI is InChI=1S/C20H17N3O2/c1-14-7-9-15(10-8-14)19-18(22-17-6-2-3-11-23(17)19)20(24)21-13-16-5-4-12-25-16/h2-12H,13H2,1H3,(H,21,24). The normalized spacial score (nSPS) is 10.9. The molecule has 0 aliphatic heterocycles. The van der Waals surface area contributed by atoms with Crippen LogP contribution in [-0.2, 0) is 6.54 Å². The van der Waals surface area contributed by atoms with Crippen LogP contribution in [0, 0.1) is 6.92 Å². The van der Waals surface area contributed by atoms with Crippen molar-refractivity contribution < 1.29 is 9.21 Å². The van der Waals surface area contributed by atoms with Gasteiger partial charge in [0.25, 0.3) is 5.91 Å². The maximum Gasteiger partial charge on any atom is 0.272 e. The molecule has 124 valence electrons. The average molecular weight is 331 g/mol. The first-order valence-corrected chi connectivity index (χ1v) is 8.07. The van der Waals surface area contributed by atoms with E-state index in [-0.39, 0.29) is 5.91 Å². The van der Waals surface area contributed by atoms with Crippen LogP contribution in [0.2, 0.25) is 0 Å². The molecule has 1 aromatic carbocycles. The Morgan fingerprint density at radius 2 is 1.96 bits per heavy atom. The molecular weight excluding hydrogens is 314 g/mol. The van der Waals surface area contributed by atoms with E-state index in [9.17, 15) is 4.79 Å². The number of carbonyl (C=O) groups excluding carboxylic acids is 1. The van der Waals surface area contributed by atoms with Crippen molar-refractivity contribution in [3.63, 3.8) is 0 Å². The van der Waals surface area contributed by atoms with Crippen molar-refractivity contribution in [3.8, 4) is 11.3 Å². The second-order valence-electron chi connectivity index (χ2n) is 5.87. The molecule has 5 heteroatoms. The Morgan fingerprint density at radius 1 is 1.12 bits per heavy atom. The zero-order valence-corrected chi connectivity index (χ0v) is 13.8. The fourth-order valence-corrected chi connectivity index (χ4v) is 2.81. The fraction of sp³-hybridized carbons (Fsp3) is 0.100. The van der Waals surface area contributed by atoms with Gasteiger partial charge in [-0.2, -0.15) is 0 Å². The number of amides is 1. The van der Waals surface area contributed by atoms with Gasteiger partial charge in [0, 0.05) is 11.8 Å². The number of nitrogens with one attached hydrogen (secondary N) is 1. The first kappa shape index (κ1) is 15.2. The number of hydrogen-bond acceptors (Lipinski definition) is 3. The molecule has 0 aliphatic carbocycles. The molecule has 0 saturated heterocycles. The third kappa shape index (κ3) is 2.92. The highest BCUT2D eigenvalue weighted by atomic mass is 16.3. The summed E-state index contributed by atoms with van der Waals surface area (Å²) in [6.07, 6.45) is 3.50. The number of carbonyl (C=O) groups is 1. The molecular formula is C20H17N3O2. The van der Waals surface area contributed by atoms with Crippen LogP contribution in [0.1, 0.15) is 21.8 Å². The number of imidazole rings is 1. The van der Waals surface area contributed by atoms with E-state index in [1.165, 1.54) is 5.56 Å². The van der Waals surface area contributed by atoms with E-state index in [4.69, 9.17) is 4.42 Å². The summed E-state index contributed by atoms with van der Waals surface area (Å²) < 4.78 is 7.20. The SMILES string of the molecule is Cc1ccc(-c2c(C(=O)NCc3ccco3)nc3ccccn23)cc1. The first-order valence-electron chi connectivity index (χ1n) is 8.07. The van der Waals surface area contributed by atoms with Gasteiger partial charge in [0.05, 0.1) is 18.5 Å². The Balaban J connectivity index is 1.75. The molecule has 0 fully saturated rings. The molecule has 1 amide bonds. The van der Waals surface area contributed by atoms with E-state index >= 15 is 0 Å². The Hall–Kier alpha value is -3.34. The Bertz CT molecular complexity index is 1010. The molecule has 0 saturated carbocycles. The van der Waals surface area contributed by atoms with Gasteiger partial charge < -0.3 is 9.73 Å². The molecule has 0 unspecified atom stereocenters. The van der Waals surface area contributed by atoms with E-state index < -0.39 is 0 Å². The molecule has 0 bridgehead atoms. The number of rotatable bonds is 4. The fourth-order valence-electron chi connectivity index (χ4n) is 2.81. The number of aryl methyl sites for hydroxylation is 1. The summed E-state index contributed by atoms with van der Waals surface area (Å²) in [6.45, 7) is 2.36. The zero-order valence-electron chi connectivity index (χ0n) is 13.8. The lowest BCUT2D eigenvalue weighted by atomic mass is 10.1. The van der Waals surface area contributed by atoms with Crippen LogP contribution in [0.25, 0.3) is 16.9 Å². The van der Waals surface area contributed by atoms with Gasteiger partial charge >= 0.3 is 0 Å². The Morgan fingerprint density at radius 3 is 2.72 bits per heavy atom. The van der Waals surface area contributed by atoms with Crippen LogP contribution in [-0.4, -0.2) is 15.3 Å². The van der Waals surface area contributed by atoms with Crippen LogP contribution in [0.3, 0.4) is 0 Å². The first-order chi connectivity index (χ1) is 12.2. The van der Waals surface area contributed by atoms with E-state index in [0.29, 0.717) is 18.0 Å². The number of furan rings is 1. The monoisotopic (exact) mass is 331 g/mol. The number of nitrogens with zero attached hydrogens (tertiary/aromatic N) is 2. The van der Waals surface area contributed by atoms with Crippen molar-refractivity contribution in [3.05, 3.63) is 84.1 Å². The highest BCUT2D eigenvalue weighted by molar-refractivity contribution is 5.99. The van der Waals surface area contributed by atoms with Gasteiger partial charge in [-0.25, -0.2) is 4.98 Å². The minimum atomic E-state index is -0.226. The van der Waals surface area contributed by atoms with Gasteiger partial charge in [-0.3, -0.25) is 9.20 Å². The van der Waals surface area contributed by atoms with E-state index in [1.54, 1.807) is 12.3 Å². The van der Waals surface area contributed by atoms with Crippen molar-refractivity contribution >= 4 is 11.6 Å². The highest BCUT2D eigenvalue weighted by Gasteiger charge is 2.20. The van der Waals surface area contributed by atoms with Gasteiger partial charge in [-0.15, -0.1) is 0 Å². The molecule has 0 atom stereocenters. The van der Waals surface area contributed by atoms with E-state index in [0.717, 1.165) is 16.9 Å². The molecule has 0 radical (unpaired) electrons. The quantitative estimate of drug-likeness (QED) is 0.618. The van der Waals surface area contributed by atoms with Crippen LogP contribution >= 0.6 is 0 Å². The van der Waals surface area contributed by atoms with Gasteiger partial charge in [0.15, 0.2) is 5.69 Å². The van der Waals surface area contributed by atoms with Crippen molar-refractivity contribution in [2.45, 2.75) is 13.5 Å². The van der Waals surface area contributed by atoms with Gasteiger partial charge in [-0.1, -0.05) is 35.9 Å². The summed E-state index contributed by atoms with van der Waals surface area (Å²) in [5.41, 5.74) is 4.05. The molecule has 4 rings (SSSR count). The topological polar surface area (TPSA) is 59.5 Å². The summed E-state index contributed by atoms with van der Waals surface area (Å²) >= 11 is 0. The van der Waals surface area contributed by atoms with Gasteiger partial charge in [-0.05, 0) is 31.2 Å². The minimum Gasteiger partial charge on any atom is -0.467 e. The number of pyridine rings is 1. The van der Waals surface area contributed by atoms with Gasteiger partial charge in [0.2, 0.25) is 0 Å². The molecule has 3 heterocycles. The van der Waals surface area contributed by atoms with Crippen molar-refractivity contribution in [1.29, 1.82) is 0 Å². The summed E-state index contributed by atoms with van der Waals surface area (Å²) in [4.78, 5) is 17.3. The van der Waals surface area contributed by atoms with Crippen molar-refractivity contribution in [2.75, 3.05) is 0 Å². The molecule has 3 aromatic heterocycles. The second-order valence-corrected chi connectivity index (χ2v) is 5.87. The molecule has 25 heavy (non-hydrogen) atoms. The number of benzene rings is 1. The van der Waals surface area contributed by atoms with E-state index in [2.05, 4.69) is 10.3 Å². The number of aromatic nitrogens is 2. The third-order valence-electron chi connectivity index (χ3n) is 4.07.